The zero-order valence-corrected chi connectivity index (χ0v) is 7.86. The summed E-state index contributed by atoms with van der Waals surface area (Å²) in [5.74, 6) is -1.65. The minimum Gasteiger partial charge on any atom is -0.480 e. The highest BCUT2D eigenvalue weighted by molar-refractivity contribution is 6.00. The molecule has 0 heterocycles. The van der Waals surface area contributed by atoms with Crippen LogP contribution in [0.25, 0.3) is 0 Å². The topological polar surface area (TPSA) is 118 Å². The van der Waals surface area contributed by atoms with Gasteiger partial charge < -0.3 is 21.9 Å². The average molecular weight is 209 g/mol. The van der Waals surface area contributed by atoms with Crippen LogP contribution in [0.5, 0.6) is 0 Å². The summed E-state index contributed by atoms with van der Waals surface area (Å²) < 4.78 is 0. The van der Waals surface area contributed by atoms with Crippen LogP contribution >= 0.6 is 0 Å². The lowest BCUT2D eigenvalue weighted by atomic mass is 10.1. The van der Waals surface area contributed by atoms with Crippen molar-refractivity contribution in [3.8, 4) is 0 Å². The lowest BCUT2D eigenvalue weighted by Gasteiger charge is -2.06. The smallest absolute Gasteiger partial charge is 0.322 e. The first-order valence-corrected chi connectivity index (χ1v) is 4.15. The zero-order valence-electron chi connectivity index (χ0n) is 7.86. The number of anilines is 2. The van der Waals surface area contributed by atoms with Gasteiger partial charge in [-0.05, 0) is 18.2 Å². The third kappa shape index (κ3) is 2.87. The fraction of sp³-hybridized carbons (Fsp3) is 0.111. The molecule has 0 aliphatic heterocycles. The molecule has 0 aliphatic rings. The Bertz CT molecular complexity index is 404. The third-order valence-corrected chi connectivity index (χ3v) is 1.72. The molecule has 1 aromatic rings. The highest BCUT2D eigenvalue weighted by Crippen LogP contribution is 2.15. The number of carbonyl (C=O) groups excluding carboxylic acids is 1. The maximum absolute atomic E-state index is 11.4. The van der Waals surface area contributed by atoms with Gasteiger partial charge in [0.1, 0.15) is 6.54 Å². The first kappa shape index (κ1) is 10.8. The fourth-order valence-electron chi connectivity index (χ4n) is 1.04. The van der Waals surface area contributed by atoms with Gasteiger partial charge in [-0.1, -0.05) is 0 Å². The lowest BCUT2D eigenvalue weighted by molar-refractivity contribution is -0.135. The van der Waals surface area contributed by atoms with Crippen LogP contribution in [0.3, 0.4) is 0 Å². The van der Waals surface area contributed by atoms with E-state index in [4.69, 9.17) is 16.6 Å². The van der Waals surface area contributed by atoms with Crippen molar-refractivity contribution in [2.24, 2.45) is 0 Å². The largest absolute Gasteiger partial charge is 0.480 e. The van der Waals surface area contributed by atoms with E-state index in [2.05, 4.69) is 5.32 Å². The zero-order chi connectivity index (χ0) is 11.4. The van der Waals surface area contributed by atoms with E-state index in [9.17, 15) is 9.59 Å². The van der Waals surface area contributed by atoms with Crippen molar-refractivity contribution in [1.82, 2.24) is 5.32 Å². The van der Waals surface area contributed by atoms with Gasteiger partial charge in [0.25, 0.3) is 5.91 Å². The molecule has 0 saturated heterocycles. The molecule has 1 rings (SSSR count). The first-order chi connectivity index (χ1) is 7.00. The van der Waals surface area contributed by atoms with E-state index in [1.165, 1.54) is 18.2 Å². The average Bonchev–Trinajstić information content (AvgIpc) is 2.14. The summed E-state index contributed by atoms with van der Waals surface area (Å²) in [5.41, 5.74) is 11.9. The number of hydrogen-bond donors (Lipinski definition) is 4. The number of carboxylic acids is 1. The van der Waals surface area contributed by atoms with Crippen LogP contribution in [-0.4, -0.2) is 23.5 Å². The number of nitrogen functional groups attached to an aromatic ring is 2. The Labute approximate surface area is 85.9 Å². The molecule has 6 nitrogen and oxygen atoms in total. The number of rotatable bonds is 3. The van der Waals surface area contributed by atoms with Crippen LogP contribution in [-0.2, 0) is 4.79 Å². The number of carbonyl (C=O) groups is 2. The molecule has 0 unspecified atom stereocenters. The molecule has 6 N–H and O–H groups in total. The predicted molar refractivity (Wildman–Crippen MR) is 55.2 cm³/mol. The quantitative estimate of drug-likeness (QED) is 0.508. The second-order valence-electron chi connectivity index (χ2n) is 2.92. The molecule has 0 radical (unpaired) electrons. The number of nitrogens with one attached hydrogen (secondary N) is 1. The Morgan fingerprint density at radius 3 is 2.53 bits per heavy atom. The van der Waals surface area contributed by atoms with Gasteiger partial charge in [0.2, 0.25) is 0 Å². The van der Waals surface area contributed by atoms with Crippen LogP contribution in [0, 0.1) is 0 Å². The molecular formula is C9H11N3O3. The predicted octanol–water partition coefficient (Wildman–Crippen LogP) is -0.335. The van der Waals surface area contributed by atoms with Crippen LogP contribution in [0.4, 0.5) is 11.4 Å². The minimum atomic E-state index is -1.11. The van der Waals surface area contributed by atoms with Crippen LogP contribution < -0.4 is 16.8 Å². The number of carboxylic acid groups (broad SMARTS) is 1. The molecule has 1 aromatic carbocycles. The number of amides is 1. The van der Waals surface area contributed by atoms with E-state index in [-0.39, 0.29) is 11.3 Å². The maximum Gasteiger partial charge on any atom is 0.322 e. The second-order valence-corrected chi connectivity index (χ2v) is 2.92. The summed E-state index contributed by atoms with van der Waals surface area (Å²) >= 11 is 0. The molecule has 15 heavy (non-hydrogen) atoms. The number of nitrogens with two attached hydrogens (primary N) is 2. The molecule has 0 bridgehead atoms. The molecule has 0 saturated carbocycles. The minimum absolute atomic E-state index is 0.213. The van der Waals surface area contributed by atoms with E-state index in [1.807, 2.05) is 0 Å². The molecule has 0 aromatic heterocycles. The molecule has 0 spiro atoms. The van der Waals surface area contributed by atoms with Crippen molar-refractivity contribution < 1.29 is 14.7 Å². The van der Waals surface area contributed by atoms with Gasteiger partial charge >= 0.3 is 5.97 Å². The van der Waals surface area contributed by atoms with E-state index < -0.39 is 18.4 Å². The van der Waals surface area contributed by atoms with E-state index in [0.717, 1.165) is 0 Å². The SMILES string of the molecule is Nc1ccc(C(=O)NCC(=O)O)c(N)c1. The Balaban J connectivity index is 2.78. The first-order valence-electron chi connectivity index (χ1n) is 4.15. The van der Waals surface area contributed by atoms with Crippen molar-refractivity contribution in [1.29, 1.82) is 0 Å². The Kier molecular flexibility index (Phi) is 3.12. The monoisotopic (exact) mass is 209 g/mol. The molecule has 80 valence electrons. The van der Waals surface area contributed by atoms with Crippen LogP contribution in [0.15, 0.2) is 18.2 Å². The van der Waals surface area contributed by atoms with Crippen molar-refractivity contribution in [2.75, 3.05) is 18.0 Å². The van der Waals surface area contributed by atoms with Gasteiger partial charge in [0, 0.05) is 11.4 Å². The molecule has 0 atom stereocenters. The summed E-state index contributed by atoms with van der Waals surface area (Å²) in [4.78, 5) is 21.6. The number of hydrogen-bond acceptors (Lipinski definition) is 4. The highest BCUT2D eigenvalue weighted by Gasteiger charge is 2.10. The van der Waals surface area contributed by atoms with Gasteiger partial charge in [0.15, 0.2) is 0 Å². The fourth-order valence-corrected chi connectivity index (χ4v) is 1.04. The van der Waals surface area contributed by atoms with Crippen LogP contribution in [0.1, 0.15) is 10.4 Å². The number of aliphatic carboxylic acids is 1. The van der Waals surface area contributed by atoms with Gasteiger partial charge in [-0.2, -0.15) is 0 Å². The maximum atomic E-state index is 11.4. The van der Waals surface area contributed by atoms with Crippen molar-refractivity contribution in [2.45, 2.75) is 0 Å². The summed E-state index contributed by atoms with van der Waals surface area (Å²) in [6, 6.07) is 4.41. The lowest BCUT2D eigenvalue weighted by Crippen LogP contribution is -2.29. The molecule has 0 aliphatic carbocycles. The summed E-state index contributed by atoms with van der Waals surface area (Å²) in [6.45, 7) is -0.442. The normalized spacial score (nSPS) is 9.60. The molecule has 6 heteroatoms. The van der Waals surface area contributed by atoms with Crippen molar-refractivity contribution in [3.63, 3.8) is 0 Å². The molecular weight excluding hydrogens is 198 g/mol. The summed E-state index contributed by atoms with van der Waals surface area (Å²) in [6.07, 6.45) is 0. The van der Waals surface area contributed by atoms with Gasteiger partial charge in [-0.3, -0.25) is 9.59 Å². The van der Waals surface area contributed by atoms with Crippen molar-refractivity contribution >= 4 is 23.3 Å². The summed E-state index contributed by atoms with van der Waals surface area (Å²) in [5, 5.41) is 10.6. The standard InChI is InChI=1S/C9H11N3O3/c10-5-1-2-6(7(11)3-5)9(15)12-4-8(13)14/h1-3H,4,10-11H2,(H,12,15)(H,13,14). The van der Waals surface area contributed by atoms with Gasteiger partial charge in [0.05, 0.1) is 5.56 Å². The Morgan fingerprint density at radius 1 is 1.33 bits per heavy atom. The van der Waals surface area contributed by atoms with E-state index in [1.54, 1.807) is 0 Å². The molecule has 1 amide bonds. The molecule has 0 fully saturated rings. The Hall–Kier alpha value is -2.24. The summed E-state index contributed by atoms with van der Waals surface area (Å²) in [7, 11) is 0. The van der Waals surface area contributed by atoms with Gasteiger partial charge in [-0.25, -0.2) is 0 Å². The van der Waals surface area contributed by atoms with E-state index >= 15 is 0 Å². The van der Waals surface area contributed by atoms with Gasteiger partial charge in [-0.15, -0.1) is 0 Å². The highest BCUT2D eigenvalue weighted by atomic mass is 16.4. The second kappa shape index (κ2) is 4.32. The Morgan fingerprint density at radius 2 is 2.00 bits per heavy atom. The van der Waals surface area contributed by atoms with Crippen LogP contribution in [0.2, 0.25) is 0 Å². The number of benzene rings is 1. The van der Waals surface area contributed by atoms with Crippen molar-refractivity contribution in [3.05, 3.63) is 23.8 Å². The van der Waals surface area contributed by atoms with E-state index in [0.29, 0.717) is 5.69 Å². The third-order valence-electron chi connectivity index (χ3n) is 1.72.